The molecule has 0 atom stereocenters. The van der Waals surface area contributed by atoms with Crippen molar-refractivity contribution >= 4 is 18.2 Å². The smallest absolute Gasteiger partial charge is 0.231 e. The summed E-state index contributed by atoms with van der Waals surface area (Å²) in [6.07, 6.45) is 2.56. The Morgan fingerprint density at radius 1 is 1.08 bits per heavy atom. The number of benzene rings is 1. The molecular weight excluding hydrogens is 342 g/mol. The molecule has 0 amide bonds. The lowest BCUT2D eigenvalue weighted by molar-refractivity contribution is 0.122. The maximum Gasteiger partial charge on any atom is 0.231 e. The Labute approximate surface area is 153 Å². The van der Waals surface area contributed by atoms with Crippen LogP contribution in [0.1, 0.15) is 16.7 Å². The SMILES string of the molecule is Cl.NCc1ccnc(N2CCOCC2)c1Cc1cccc2c1OCO2. The summed E-state index contributed by atoms with van der Waals surface area (Å²) in [7, 11) is 0. The van der Waals surface area contributed by atoms with Gasteiger partial charge < -0.3 is 24.8 Å². The molecule has 1 saturated heterocycles. The molecule has 2 aromatic rings. The third kappa shape index (κ3) is 3.51. The van der Waals surface area contributed by atoms with Crippen molar-refractivity contribution in [3.05, 3.63) is 47.2 Å². The highest BCUT2D eigenvalue weighted by atomic mass is 35.5. The zero-order valence-electron chi connectivity index (χ0n) is 13.9. The second-order valence-electron chi connectivity index (χ2n) is 5.90. The molecule has 0 spiro atoms. The largest absolute Gasteiger partial charge is 0.454 e. The fourth-order valence-electron chi connectivity index (χ4n) is 3.27. The first-order chi connectivity index (χ1) is 11.9. The first kappa shape index (κ1) is 17.8. The number of hydrogen-bond acceptors (Lipinski definition) is 6. The number of para-hydroxylation sites is 1. The van der Waals surface area contributed by atoms with Crippen molar-refractivity contribution in [2.75, 3.05) is 38.0 Å². The van der Waals surface area contributed by atoms with Gasteiger partial charge in [-0.3, -0.25) is 0 Å². The van der Waals surface area contributed by atoms with Crippen LogP contribution in [0, 0.1) is 0 Å². The monoisotopic (exact) mass is 363 g/mol. The van der Waals surface area contributed by atoms with E-state index >= 15 is 0 Å². The highest BCUT2D eigenvalue weighted by Gasteiger charge is 2.22. The van der Waals surface area contributed by atoms with E-state index in [-0.39, 0.29) is 19.2 Å². The van der Waals surface area contributed by atoms with Crippen LogP contribution in [0.4, 0.5) is 5.82 Å². The van der Waals surface area contributed by atoms with Crippen LogP contribution in [0.2, 0.25) is 0 Å². The summed E-state index contributed by atoms with van der Waals surface area (Å²) >= 11 is 0. The maximum atomic E-state index is 5.99. The van der Waals surface area contributed by atoms with E-state index < -0.39 is 0 Å². The van der Waals surface area contributed by atoms with E-state index in [0.717, 1.165) is 66.7 Å². The molecule has 1 fully saturated rings. The van der Waals surface area contributed by atoms with E-state index in [1.54, 1.807) is 0 Å². The number of rotatable bonds is 4. The van der Waals surface area contributed by atoms with Gasteiger partial charge in [-0.1, -0.05) is 12.1 Å². The molecule has 1 aromatic carbocycles. The number of anilines is 1. The van der Waals surface area contributed by atoms with Crippen molar-refractivity contribution in [2.24, 2.45) is 5.73 Å². The maximum absolute atomic E-state index is 5.99. The lowest BCUT2D eigenvalue weighted by atomic mass is 9.99. The normalized spacial score (nSPS) is 15.8. The summed E-state index contributed by atoms with van der Waals surface area (Å²) in [4.78, 5) is 6.92. The van der Waals surface area contributed by atoms with Crippen molar-refractivity contribution in [3.63, 3.8) is 0 Å². The molecule has 1 aromatic heterocycles. The highest BCUT2D eigenvalue weighted by molar-refractivity contribution is 5.85. The molecule has 3 heterocycles. The second-order valence-corrected chi connectivity index (χ2v) is 5.90. The van der Waals surface area contributed by atoms with Gasteiger partial charge in [0.05, 0.1) is 13.2 Å². The number of ether oxygens (including phenoxy) is 3. The number of nitrogens with zero attached hydrogens (tertiary/aromatic N) is 2. The van der Waals surface area contributed by atoms with Crippen LogP contribution in [-0.4, -0.2) is 38.1 Å². The van der Waals surface area contributed by atoms with Gasteiger partial charge in [0, 0.05) is 43.4 Å². The molecule has 0 unspecified atom stereocenters. The van der Waals surface area contributed by atoms with E-state index in [0.29, 0.717) is 6.54 Å². The van der Waals surface area contributed by atoms with Crippen LogP contribution in [0.25, 0.3) is 0 Å². The van der Waals surface area contributed by atoms with E-state index in [9.17, 15) is 0 Å². The molecule has 6 nitrogen and oxygen atoms in total. The number of halogens is 1. The minimum absolute atomic E-state index is 0. The Hall–Kier alpha value is -2.02. The quantitative estimate of drug-likeness (QED) is 0.897. The molecule has 2 aliphatic heterocycles. The number of hydrogen-bond donors (Lipinski definition) is 1. The van der Waals surface area contributed by atoms with Crippen molar-refractivity contribution in [1.29, 1.82) is 0 Å². The number of nitrogens with two attached hydrogens (primary N) is 1. The van der Waals surface area contributed by atoms with Gasteiger partial charge in [-0.15, -0.1) is 12.4 Å². The first-order valence-electron chi connectivity index (χ1n) is 8.24. The van der Waals surface area contributed by atoms with Crippen molar-refractivity contribution in [2.45, 2.75) is 13.0 Å². The Balaban J connectivity index is 0.00000182. The lowest BCUT2D eigenvalue weighted by Gasteiger charge is -2.30. The Morgan fingerprint density at radius 2 is 1.92 bits per heavy atom. The van der Waals surface area contributed by atoms with Crippen LogP contribution < -0.4 is 20.1 Å². The Kier molecular flexibility index (Phi) is 5.63. The summed E-state index contributed by atoms with van der Waals surface area (Å²) < 4.78 is 16.6. The van der Waals surface area contributed by atoms with Crippen LogP contribution in [0.3, 0.4) is 0 Å². The molecule has 2 N–H and O–H groups in total. The van der Waals surface area contributed by atoms with Crippen LogP contribution in [0.5, 0.6) is 11.5 Å². The third-order valence-electron chi connectivity index (χ3n) is 4.51. The van der Waals surface area contributed by atoms with E-state index in [1.165, 1.54) is 0 Å². The molecule has 0 radical (unpaired) electrons. The fraction of sp³-hybridized carbons (Fsp3) is 0.389. The number of morpholine rings is 1. The van der Waals surface area contributed by atoms with E-state index in [1.807, 2.05) is 24.4 Å². The average molecular weight is 364 g/mol. The fourth-order valence-corrected chi connectivity index (χ4v) is 3.27. The van der Waals surface area contributed by atoms with Crippen molar-refractivity contribution in [3.8, 4) is 11.5 Å². The van der Waals surface area contributed by atoms with E-state index in [4.69, 9.17) is 19.9 Å². The predicted octanol–water partition coefficient (Wildman–Crippen LogP) is 2.12. The summed E-state index contributed by atoms with van der Waals surface area (Å²) in [5.41, 5.74) is 9.36. The molecule has 2 aliphatic rings. The van der Waals surface area contributed by atoms with Gasteiger partial charge in [0.1, 0.15) is 5.82 Å². The Bertz CT molecular complexity index is 736. The van der Waals surface area contributed by atoms with Gasteiger partial charge >= 0.3 is 0 Å². The van der Waals surface area contributed by atoms with Gasteiger partial charge in [-0.2, -0.15) is 0 Å². The van der Waals surface area contributed by atoms with E-state index in [2.05, 4.69) is 16.0 Å². The third-order valence-corrected chi connectivity index (χ3v) is 4.51. The predicted molar refractivity (Wildman–Crippen MR) is 97.8 cm³/mol. The summed E-state index contributed by atoms with van der Waals surface area (Å²) in [5, 5.41) is 0. The molecule has 25 heavy (non-hydrogen) atoms. The van der Waals surface area contributed by atoms with Gasteiger partial charge in [-0.05, 0) is 17.7 Å². The highest BCUT2D eigenvalue weighted by Crippen LogP contribution is 2.37. The van der Waals surface area contributed by atoms with Crippen LogP contribution in [0.15, 0.2) is 30.5 Å². The molecule has 134 valence electrons. The topological polar surface area (TPSA) is 69.8 Å². The summed E-state index contributed by atoms with van der Waals surface area (Å²) in [5.74, 6) is 2.63. The molecule has 0 bridgehead atoms. The molecule has 0 aliphatic carbocycles. The standard InChI is InChI=1S/C18H21N3O3.ClH/c19-11-14-4-5-20-18(21-6-8-22-9-7-21)15(14)10-13-2-1-3-16-17(13)24-12-23-16;/h1-5H,6-12,19H2;1H. The number of fused-ring (bicyclic) bond motifs is 1. The summed E-state index contributed by atoms with van der Waals surface area (Å²) in [6, 6.07) is 8.00. The van der Waals surface area contributed by atoms with Crippen molar-refractivity contribution in [1.82, 2.24) is 4.98 Å². The minimum atomic E-state index is 0. The van der Waals surface area contributed by atoms with Gasteiger partial charge in [0.2, 0.25) is 6.79 Å². The second kappa shape index (κ2) is 7.91. The van der Waals surface area contributed by atoms with Gasteiger partial charge in [0.25, 0.3) is 0 Å². The summed E-state index contributed by atoms with van der Waals surface area (Å²) in [6.45, 7) is 3.92. The first-order valence-corrected chi connectivity index (χ1v) is 8.24. The molecular formula is C18H22ClN3O3. The zero-order valence-corrected chi connectivity index (χ0v) is 14.8. The molecule has 0 saturated carbocycles. The average Bonchev–Trinajstić information content (AvgIpc) is 3.12. The molecule has 7 heteroatoms. The van der Waals surface area contributed by atoms with Crippen molar-refractivity contribution < 1.29 is 14.2 Å². The van der Waals surface area contributed by atoms with Gasteiger partial charge in [0.15, 0.2) is 11.5 Å². The number of aromatic nitrogens is 1. The van der Waals surface area contributed by atoms with Crippen LogP contribution in [-0.2, 0) is 17.7 Å². The van der Waals surface area contributed by atoms with Crippen LogP contribution >= 0.6 is 12.4 Å². The zero-order chi connectivity index (χ0) is 16.4. The van der Waals surface area contributed by atoms with Gasteiger partial charge in [-0.25, -0.2) is 4.98 Å². The lowest BCUT2D eigenvalue weighted by Crippen LogP contribution is -2.37. The molecule has 4 rings (SSSR count). The minimum Gasteiger partial charge on any atom is -0.454 e. The number of pyridine rings is 1. The Morgan fingerprint density at radius 3 is 2.72 bits per heavy atom.